The fraction of sp³-hybridized carbons (Fsp3) is 0. The Labute approximate surface area is 116 Å². The molecular weight excluding hydrogens is 202 g/mol. The van der Waals surface area contributed by atoms with Gasteiger partial charge in [0, 0.05) is 108 Å². The molecule has 0 rings (SSSR count). The van der Waals surface area contributed by atoms with E-state index in [9.17, 15) is 0 Å². The molecule has 0 fully saturated rings. The van der Waals surface area contributed by atoms with Gasteiger partial charge in [-0.05, 0) is 0 Å². The van der Waals surface area contributed by atoms with Gasteiger partial charge >= 0.3 is 0 Å². The molecule has 2 nitrogen and oxygen atoms in total. The van der Waals surface area contributed by atoms with Crippen molar-refractivity contribution in [2.75, 3.05) is 0 Å². The summed E-state index contributed by atoms with van der Waals surface area (Å²) in [5.74, 6) is 0. The third-order valence-corrected chi connectivity index (χ3v) is 0. The van der Waals surface area contributed by atoms with E-state index >= 15 is 0 Å². The van der Waals surface area contributed by atoms with Gasteiger partial charge in [0.2, 0.25) is 0 Å². The first-order valence-corrected chi connectivity index (χ1v) is 0.183. The van der Waals surface area contributed by atoms with Crippen LogP contribution in [0.1, 0.15) is 0 Å². The summed E-state index contributed by atoms with van der Waals surface area (Å²) in [7, 11) is 0. The summed E-state index contributed by atoms with van der Waals surface area (Å²) in [6.45, 7) is 0. The van der Waals surface area contributed by atoms with E-state index in [1.54, 1.807) is 0 Å². The maximum atomic E-state index is 7.25. The molecule has 0 unspecified atom stereocenters. The van der Waals surface area contributed by atoms with Crippen molar-refractivity contribution < 1.29 is 19.5 Å². The van der Waals surface area contributed by atoms with Gasteiger partial charge in [-0.3, -0.25) is 0 Å². The van der Waals surface area contributed by atoms with E-state index in [4.69, 9.17) is 10.5 Å². The number of hydrogen-bond donors (Lipinski definition) is 0. The first-order chi connectivity index (χ1) is 1.00. The van der Waals surface area contributed by atoms with E-state index in [1.807, 2.05) is 0 Å². The Morgan fingerprint density at radius 2 is 0.833 bits per heavy atom. The van der Waals surface area contributed by atoms with E-state index in [2.05, 4.69) is 0 Å². The summed E-state index contributed by atoms with van der Waals surface area (Å²) in [5.41, 5.74) is 5.75. The van der Waals surface area contributed by atoms with Crippen LogP contribution in [0.5, 0.6) is 0 Å². The topological polar surface area (TPSA) is 39.4 Å². The van der Waals surface area contributed by atoms with E-state index in [-0.39, 0.29) is 108 Å². The fourth-order valence-corrected chi connectivity index (χ4v) is 0. The summed E-state index contributed by atoms with van der Waals surface area (Å²) >= 11 is 0. The van der Waals surface area contributed by atoms with E-state index < -0.39 is 0 Å². The van der Waals surface area contributed by atoms with Gasteiger partial charge in [-0.2, -0.15) is 0 Å². The Balaban J connectivity index is -0.000000000833. The van der Waals surface area contributed by atoms with Gasteiger partial charge < -0.3 is 10.5 Å². The predicted octanol–water partition coefficient (Wildman–Crippen LogP) is -0.823. The summed E-state index contributed by atoms with van der Waals surface area (Å²) in [5, 5.41) is 0. The van der Waals surface area contributed by atoms with Crippen molar-refractivity contribution in [1.29, 1.82) is 0 Å². The van der Waals surface area contributed by atoms with Crippen LogP contribution in [0.2, 0.25) is 0 Å². The van der Waals surface area contributed by atoms with Crippen molar-refractivity contribution in [1.82, 2.24) is 0 Å². The largest absolute Gasteiger partial charge is 0.577 e. The Morgan fingerprint density at radius 3 is 0.833 bits per heavy atom. The molecule has 6 heteroatoms. The van der Waals surface area contributed by atoms with Crippen LogP contribution in [0.4, 0.5) is 0 Å². The molecule has 0 aromatic rings. The van der Waals surface area contributed by atoms with Gasteiger partial charge in [-0.15, -0.1) is 0 Å². The van der Waals surface area contributed by atoms with Crippen LogP contribution in [-0.4, -0.2) is 88.7 Å². The second-order valence-electron chi connectivity index (χ2n) is 0. The van der Waals surface area contributed by atoms with Crippen molar-refractivity contribution >= 4 is 88.7 Å². The summed E-state index contributed by atoms with van der Waals surface area (Å²) < 4.78 is 0. The molecule has 0 saturated carbocycles. The van der Waals surface area contributed by atoms with Crippen LogP contribution in [-0.2, 0) is 19.5 Å². The van der Waals surface area contributed by atoms with Crippen LogP contribution >= 0.6 is 0 Å². The van der Waals surface area contributed by atoms with Gasteiger partial charge in [0.1, 0.15) is 0 Å². The second-order valence-corrected chi connectivity index (χ2v) is 0. The molecule has 0 N–H and O–H groups in total. The van der Waals surface area contributed by atoms with Crippen LogP contribution in [0, 0.1) is 4.91 Å². The third kappa shape index (κ3) is 26.9. The van der Waals surface area contributed by atoms with Crippen LogP contribution < -0.4 is 0 Å². The number of hydrogen-bond acceptors (Lipinski definition) is 1. The molecule has 0 atom stereocenters. The number of nitrogens with zero attached hydrogens (tertiary/aromatic N) is 1. The maximum absolute atomic E-state index is 7.25. The molecule has 6 heavy (non-hydrogen) atoms. The molecule has 4 radical (unpaired) electrons. The standard InChI is InChI=1S/NO.3Na.Rh/c1-2;;;;/q-1;;;;. The second kappa shape index (κ2) is 41.3. The smallest absolute Gasteiger partial charge is 0 e. The van der Waals surface area contributed by atoms with Crippen molar-refractivity contribution in [2.45, 2.75) is 0 Å². The monoisotopic (exact) mass is 202 g/mol. The number of rotatable bonds is 0. The fourth-order valence-electron chi connectivity index (χ4n) is 0. The van der Waals surface area contributed by atoms with Gasteiger partial charge in [-0.25, -0.2) is 0 Å². The minimum atomic E-state index is 0. The summed E-state index contributed by atoms with van der Waals surface area (Å²) in [6, 6.07) is 0. The maximum Gasteiger partial charge on any atom is 0 e. The normalized spacial score (nSPS) is 0.667. The minimum Gasteiger partial charge on any atom is -0.577 e. The van der Waals surface area contributed by atoms with E-state index in [0.29, 0.717) is 0 Å². The van der Waals surface area contributed by atoms with Gasteiger partial charge in [-0.1, -0.05) is 0 Å². The molecule has 0 spiro atoms. The quantitative estimate of drug-likeness (QED) is 0.472. The summed E-state index contributed by atoms with van der Waals surface area (Å²) in [6.07, 6.45) is 0. The zero-order chi connectivity index (χ0) is 2.00. The first-order valence-electron chi connectivity index (χ1n) is 0.183. The molecule has 0 aromatic heterocycles. The van der Waals surface area contributed by atoms with Gasteiger partial charge in [0.05, 0.1) is 0 Å². The third-order valence-electron chi connectivity index (χ3n) is 0. The van der Waals surface area contributed by atoms with Crippen LogP contribution in [0.25, 0.3) is 5.59 Å². The molecule has 0 saturated heterocycles. The van der Waals surface area contributed by atoms with Crippen LogP contribution in [0.3, 0.4) is 0 Å². The Kier molecular flexibility index (Phi) is 241. The molecule has 0 aliphatic heterocycles. The average molecular weight is 202 g/mol. The van der Waals surface area contributed by atoms with Gasteiger partial charge in [0.25, 0.3) is 0 Å². The molecule has 0 heterocycles. The Hall–Kier alpha value is 3.22. The zero-order valence-corrected chi connectivity index (χ0v) is 11.8. The van der Waals surface area contributed by atoms with Crippen molar-refractivity contribution in [3.63, 3.8) is 0 Å². The zero-order valence-electron chi connectivity index (χ0n) is 4.19. The predicted molar refractivity (Wildman–Crippen MR) is 24.0 cm³/mol. The Bertz CT molecular complexity index is 10.8. The van der Waals surface area contributed by atoms with Crippen molar-refractivity contribution in [3.8, 4) is 0 Å². The molecule has 0 aliphatic carbocycles. The van der Waals surface area contributed by atoms with Crippen LogP contribution in [0.15, 0.2) is 0 Å². The molecule has 0 bridgehead atoms. The Morgan fingerprint density at radius 1 is 0.833 bits per heavy atom. The van der Waals surface area contributed by atoms with E-state index in [0.717, 1.165) is 0 Å². The minimum absolute atomic E-state index is 0. The summed E-state index contributed by atoms with van der Waals surface area (Å²) in [4.78, 5) is 7.25. The van der Waals surface area contributed by atoms with Gasteiger partial charge in [0.15, 0.2) is 0 Å². The first kappa shape index (κ1) is 35.0. The molecular formula is NNa3ORh-. The molecule has 0 aliphatic rings. The van der Waals surface area contributed by atoms with Crippen molar-refractivity contribution in [2.24, 2.45) is 0 Å². The average Bonchev–Trinajstić information content (AvgIpc) is 1.00. The number of nitroso groups, excluding NO2 is 1. The van der Waals surface area contributed by atoms with E-state index in [1.165, 1.54) is 0 Å². The molecule has 24 valence electrons. The molecule has 0 aromatic carbocycles. The molecule has 0 amide bonds. The van der Waals surface area contributed by atoms with Crippen molar-refractivity contribution in [3.05, 3.63) is 10.5 Å². The SMILES string of the molecule is [N-]=O.[Na].[Na].[Na].[Rh].